The molecule has 0 aromatic heterocycles. The maximum Gasteiger partial charge on any atom is 0.0228 e. The van der Waals surface area contributed by atoms with Crippen molar-refractivity contribution in [2.45, 2.75) is 20.8 Å². The molecule has 3 aliphatic carbocycles. The van der Waals surface area contributed by atoms with E-state index in [9.17, 15) is 0 Å². The van der Waals surface area contributed by atoms with E-state index in [1.165, 1.54) is 5.57 Å². The average Bonchev–Trinajstić information content (AvgIpc) is 2.70. The number of fused-ring (bicyclic) bond motifs is 2. The highest BCUT2D eigenvalue weighted by Gasteiger charge is 2.54. The van der Waals surface area contributed by atoms with Gasteiger partial charge in [-0.2, -0.15) is 0 Å². The molecule has 0 nitrogen and oxygen atoms in total. The molecule has 0 N–H and O–H groups in total. The third-order valence-electron chi connectivity index (χ3n) is 3.96. The second-order valence-electron chi connectivity index (χ2n) is 5.20. The van der Waals surface area contributed by atoms with Gasteiger partial charge in [0.1, 0.15) is 0 Å². The molecule has 1 fully saturated rings. The molecule has 0 aromatic carbocycles. The van der Waals surface area contributed by atoms with Gasteiger partial charge >= 0.3 is 0 Å². The van der Waals surface area contributed by atoms with Crippen LogP contribution in [0.15, 0.2) is 47.1 Å². The third-order valence-corrected chi connectivity index (χ3v) is 3.96. The molecule has 1 unspecified atom stereocenters. The first kappa shape index (κ1) is 8.28. The summed E-state index contributed by atoms with van der Waals surface area (Å²) < 4.78 is 0. The molecule has 1 saturated carbocycles. The average molecular weight is 184 g/mol. The predicted molar refractivity (Wildman–Crippen MR) is 59.8 cm³/mol. The van der Waals surface area contributed by atoms with E-state index in [0.717, 1.165) is 5.92 Å². The molecule has 0 radical (unpaired) electrons. The largest absolute Gasteiger partial charge is 0.0766 e. The predicted octanol–water partition coefficient (Wildman–Crippen LogP) is 3.64. The number of hydrogen-bond donors (Lipinski definition) is 0. The first-order chi connectivity index (χ1) is 6.62. The Morgan fingerprint density at radius 1 is 1.21 bits per heavy atom. The fraction of sp³-hybridized carbons (Fsp3) is 0.429. The van der Waals surface area contributed by atoms with Gasteiger partial charge in [0, 0.05) is 11.8 Å². The van der Waals surface area contributed by atoms with Crippen LogP contribution in [0, 0.1) is 17.3 Å². The summed E-state index contributed by atoms with van der Waals surface area (Å²) in [6, 6.07) is 0. The highest BCUT2D eigenvalue weighted by Crippen LogP contribution is 2.64. The Labute approximate surface area is 85.7 Å². The van der Waals surface area contributed by atoms with Crippen molar-refractivity contribution in [3.05, 3.63) is 47.1 Å². The SMILES string of the molecule is CC1=CC2C(=C3C=CC=C[C@H]13)C2(C)C. The van der Waals surface area contributed by atoms with E-state index in [1.807, 2.05) is 0 Å². The second-order valence-corrected chi connectivity index (χ2v) is 5.20. The van der Waals surface area contributed by atoms with Crippen molar-refractivity contribution in [3.8, 4) is 0 Å². The highest BCUT2D eigenvalue weighted by atomic mass is 14.6. The van der Waals surface area contributed by atoms with Gasteiger partial charge in [-0.15, -0.1) is 0 Å². The summed E-state index contributed by atoms with van der Waals surface area (Å²) in [5, 5.41) is 0. The van der Waals surface area contributed by atoms with E-state index in [-0.39, 0.29) is 0 Å². The van der Waals surface area contributed by atoms with Crippen molar-refractivity contribution in [2.75, 3.05) is 0 Å². The van der Waals surface area contributed by atoms with Gasteiger partial charge < -0.3 is 0 Å². The molecule has 0 saturated heterocycles. The van der Waals surface area contributed by atoms with E-state index >= 15 is 0 Å². The van der Waals surface area contributed by atoms with Gasteiger partial charge in [0.05, 0.1) is 0 Å². The normalized spacial score (nSPS) is 36.4. The lowest BCUT2D eigenvalue weighted by molar-refractivity contribution is 0.625. The van der Waals surface area contributed by atoms with Crippen molar-refractivity contribution in [2.24, 2.45) is 17.3 Å². The smallest absolute Gasteiger partial charge is 0.0228 e. The molecular weight excluding hydrogens is 168 g/mol. The van der Waals surface area contributed by atoms with E-state index in [1.54, 1.807) is 11.1 Å². The van der Waals surface area contributed by atoms with E-state index in [2.05, 4.69) is 51.2 Å². The van der Waals surface area contributed by atoms with Crippen LogP contribution in [0.2, 0.25) is 0 Å². The second kappa shape index (κ2) is 2.31. The van der Waals surface area contributed by atoms with Gasteiger partial charge in [0.15, 0.2) is 0 Å². The number of rotatable bonds is 0. The zero-order valence-corrected chi connectivity index (χ0v) is 9.04. The molecule has 3 rings (SSSR count). The molecule has 0 aromatic rings. The molecule has 0 amide bonds. The molecule has 0 aliphatic heterocycles. The lowest BCUT2D eigenvalue weighted by Gasteiger charge is -2.20. The summed E-state index contributed by atoms with van der Waals surface area (Å²) in [5.74, 6) is 1.30. The van der Waals surface area contributed by atoms with Gasteiger partial charge in [-0.3, -0.25) is 0 Å². The minimum atomic E-state index is 0.431. The first-order valence-corrected chi connectivity index (χ1v) is 5.40. The van der Waals surface area contributed by atoms with Crippen molar-refractivity contribution in [1.82, 2.24) is 0 Å². The third kappa shape index (κ3) is 0.841. The molecule has 2 atom stereocenters. The van der Waals surface area contributed by atoms with Crippen LogP contribution in [0.4, 0.5) is 0 Å². The lowest BCUT2D eigenvalue weighted by atomic mass is 9.84. The zero-order valence-electron chi connectivity index (χ0n) is 9.04. The molecule has 14 heavy (non-hydrogen) atoms. The van der Waals surface area contributed by atoms with E-state index in [0.29, 0.717) is 11.3 Å². The number of hydrogen-bond acceptors (Lipinski definition) is 0. The van der Waals surface area contributed by atoms with Crippen LogP contribution < -0.4 is 0 Å². The van der Waals surface area contributed by atoms with Gasteiger partial charge in [-0.05, 0) is 17.9 Å². The molecule has 72 valence electrons. The summed E-state index contributed by atoms with van der Waals surface area (Å²) in [4.78, 5) is 0. The molecule has 0 spiro atoms. The Kier molecular flexibility index (Phi) is 1.36. The van der Waals surface area contributed by atoms with Crippen LogP contribution in [-0.4, -0.2) is 0 Å². The summed E-state index contributed by atoms with van der Waals surface area (Å²) in [5.41, 5.74) is 5.21. The molecule has 0 heteroatoms. The van der Waals surface area contributed by atoms with Gasteiger partial charge in [-0.25, -0.2) is 0 Å². The fourth-order valence-electron chi connectivity index (χ4n) is 2.99. The standard InChI is InChI=1S/C14H16/c1-9-8-12-13(14(12,2)3)11-7-5-4-6-10(9)11/h4-8,10,12H,1-3H3/t10-,12?/m1/s1. The van der Waals surface area contributed by atoms with Crippen molar-refractivity contribution >= 4 is 0 Å². The van der Waals surface area contributed by atoms with Crippen LogP contribution in [0.1, 0.15) is 20.8 Å². The Hall–Kier alpha value is -1.04. The summed E-state index contributed by atoms with van der Waals surface area (Å²) in [6.45, 7) is 6.98. The van der Waals surface area contributed by atoms with Crippen molar-refractivity contribution in [1.29, 1.82) is 0 Å². The van der Waals surface area contributed by atoms with Gasteiger partial charge in [0.25, 0.3) is 0 Å². The minimum Gasteiger partial charge on any atom is -0.0766 e. The minimum absolute atomic E-state index is 0.431. The fourth-order valence-corrected chi connectivity index (χ4v) is 2.99. The summed E-state index contributed by atoms with van der Waals surface area (Å²) >= 11 is 0. The van der Waals surface area contributed by atoms with Gasteiger partial charge in [0.2, 0.25) is 0 Å². The highest BCUT2D eigenvalue weighted by molar-refractivity contribution is 5.57. The van der Waals surface area contributed by atoms with Crippen molar-refractivity contribution < 1.29 is 0 Å². The zero-order chi connectivity index (χ0) is 9.92. The maximum absolute atomic E-state index is 2.47. The maximum atomic E-state index is 2.47. The molecule has 0 heterocycles. The Balaban J connectivity index is 2.16. The Bertz CT molecular complexity index is 413. The van der Waals surface area contributed by atoms with E-state index in [4.69, 9.17) is 0 Å². The molecular formula is C14H16. The lowest BCUT2D eigenvalue weighted by Crippen LogP contribution is -2.07. The van der Waals surface area contributed by atoms with Gasteiger partial charge in [-0.1, -0.05) is 55.4 Å². The van der Waals surface area contributed by atoms with Crippen LogP contribution in [0.3, 0.4) is 0 Å². The summed E-state index contributed by atoms with van der Waals surface area (Å²) in [7, 11) is 0. The topological polar surface area (TPSA) is 0 Å². The van der Waals surface area contributed by atoms with Crippen LogP contribution in [-0.2, 0) is 0 Å². The first-order valence-electron chi connectivity index (χ1n) is 5.40. The Morgan fingerprint density at radius 3 is 2.79 bits per heavy atom. The van der Waals surface area contributed by atoms with Crippen molar-refractivity contribution in [3.63, 3.8) is 0 Å². The van der Waals surface area contributed by atoms with Crippen LogP contribution in [0.25, 0.3) is 0 Å². The van der Waals surface area contributed by atoms with E-state index < -0.39 is 0 Å². The quantitative estimate of drug-likeness (QED) is 0.504. The van der Waals surface area contributed by atoms with Crippen LogP contribution >= 0.6 is 0 Å². The Morgan fingerprint density at radius 2 is 2.00 bits per heavy atom. The van der Waals surface area contributed by atoms with Crippen LogP contribution in [0.5, 0.6) is 0 Å². The summed E-state index contributed by atoms with van der Waals surface area (Å²) in [6.07, 6.45) is 11.4. The molecule has 0 bridgehead atoms. The molecule has 3 aliphatic rings. The monoisotopic (exact) mass is 184 g/mol. The number of allylic oxidation sites excluding steroid dienone is 8.